The summed E-state index contributed by atoms with van der Waals surface area (Å²) < 4.78 is 6.54. The Morgan fingerprint density at radius 2 is 2.05 bits per heavy atom. The average molecular weight is 327 g/mol. The molecule has 1 unspecified atom stereocenters. The second-order valence-corrected chi connectivity index (χ2v) is 6.36. The lowest BCUT2D eigenvalue weighted by atomic mass is 9.94. The van der Waals surface area contributed by atoms with Crippen molar-refractivity contribution in [1.82, 2.24) is 9.80 Å². The number of hydrogen-bond donors (Lipinski definition) is 0. The maximum Gasteiger partial charge on any atom is 0.250 e. The first-order valence-corrected chi connectivity index (χ1v) is 7.69. The molecule has 104 valence electrons. The predicted octanol–water partition coefficient (Wildman–Crippen LogP) is 1.39. The molecule has 0 spiro atoms. The van der Waals surface area contributed by atoms with E-state index >= 15 is 0 Å². The summed E-state index contributed by atoms with van der Waals surface area (Å²) in [4.78, 5) is 16.7. The third-order valence-corrected chi connectivity index (χ3v) is 4.68. The van der Waals surface area contributed by atoms with E-state index in [0.29, 0.717) is 5.92 Å². The number of likely N-dealkylation sites (tertiary alicyclic amines) is 1. The van der Waals surface area contributed by atoms with Gasteiger partial charge in [-0.2, -0.15) is 0 Å². The highest BCUT2D eigenvalue weighted by Gasteiger charge is 2.36. The van der Waals surface area contributed by atoms with Gasteiger partial charge in [0.15, 0.2) is 0 Å². The zero-order valence-electron chi connectivity index (χ0n) is 11.0. The molecule has 2 saturated heterocycles. The fourth-order valence-electron chi connectivity index (χ4n) is 2.95. The number of ether oxygens (including phenoxy) is 1. The highest BCUT2D eigenvalue weighted by molar-refractivity contribution is 9.11. The lowest BCUT2D eigenvalue weighted by Crippen LogP contribution is -2.41. The molecule has 5 heteroatoms. The molecule has 0 aromatic rings. The summed E-state index contributed by atoms with van der Waals surface area (Å²) in [5.74, 6) is 0.617. The fourth-order valence-corrected chi connectivity index (χ4v) is 3.47. The van der Waals surface area contributed by atoms with E-state index in [1.165, 1.54) is 4.48 Å². The van der Waals surface area contributed by atoms with Crippen LogP contribution in [-0.2, 0) is 9.53 Å². The van der Waals surface area contributed by atoms with Crippen LogP contribution in [0, 0.1) is 5.92 Å². The molecule has 2 fully saturated rings. The van der Waals surface area contributed by atoms with Gasteiger partial charge in [0.2, 0.25) is 5.91 Å². The zero-order valence-corrected chi connectivity index (χ0v) is 12.6. The Kier molecular flexibility index (Phi) is 4.05. The van der Waals surface area contributed by atoms with Crippen LogP contribution in [0.4, 0.5) is 0 Å². The van der Waals surface area contributed by atoms with Crippen LogP contribution in [0.3, 0.4) is 0 Å². The number of carbonyl (C=O) groups is 1. The topological polar surface area (TPSA) is 32.8 Å². The number of rotatable bonds is 3. The van der Waals surface area contributed by atoms with Gasteiger partial charge in [0.25, 0.3) is 0 Å². The molecule has 1 aliphatic carbocycles. The summed E-state index contributed by atoms with van der Waals surface area (Å²) in [6, 6.07) is 0. The number of halogens is 1. The molecular weight excluding hydrogens is 308 g/mol. The van der Waals surface area contributed by atoms with Crippen molar-refractivity contribution in [3.63, 3.8) is 0 Å². The van der Waals surface area contributed by atoms with Crippen molar-refractivity contribution in [3.8, 4) is 0 Å². The van der Waals surface area contributed by atoms with E-state index in [9.17, 15) is 4.79 Å². The highest BCUT2D eigenvalue weighted by atomic mass is 79.9. The Labute approximate surface area is 122 Å². The minimum atomic E-state index is 0.231. The third-order valence-electron chi connectivity index (χ3n) is 4.09. The molecule has 1 atom stereocenters. The van der Waals surface area contributed by atoms with Crippen molar-refractivity contribution in [2.24, 2.45) is 5.92 Å². The predicted molar refractivity (Wildman–Crippen MR) is 77.0 cm³/mol. The second-order valence-electron chi connectivity index (χ2n) is 5.34. The van der Waals surface area contributed by atoms with Crippen LogP contribution >= 0.6 is 15.9 Å². The molecule has 19 heavy (non-hydrogen) atoms. The Balaban J connectivity index is 1.55. The average Bonchev–Trinajstić information content (AvgIpc) is 2.74. The van der Waals surface area contributed by atoms with Gasteiger partial charge in [0, 0.05) is 44.2 Å². The molecule has 0 aromatic heterocycles. The molecule has 0 aromatic carbocycles. The second kappa shape index (κ2) is 5.77. The molecule has 3 rings (SSSR count). The van der Waals surface area contributed by atoms with Gasteiger partial charge >= 0.3 is 0 Å². The first-order valence-electron chi connectivity index (χ1n) is 6.89. The van der Waals surface area contributed by atoms with Crippen molar-refractivity contribution in [2.45, 2.75) is 6.42 Å². The third kappa shape index (κ3) is 2.93. The molecule has 1 amide bonds. The van der Waals surface area contributed by atoms with Gasteiger partial charge in [-0.1, -0.05) is 28.1 Å². The Hall–Kier alpha value is -0.650. The first-order chi connectivity index (χ1) is 9.24. The van der Waals surface area contributed by atoms with Crippen molar-refractivity contribution in [3.05, 3.63) is 22.2 Å². The summed E-state index contributed by atoms with van der Waals surface area (Å²) in [7, 11) is 0. The number of carbonyl (C=O) groups excluding carboxylic acids is 1. The monoisotopic (exact) mass is 326 g/mol. The van der Waals surface area contributed by atoms with Crippen LogP contribution in [0.5, 0.6) is 0 Å². The smallest absolute Gasteiger partial charge is 0.250 e. The van der Waals surface area contributed by atoms with E-state index in [1.54, 1.807) is 0 Å². The van der Waals surface area contributed by atoms with Gasteiger partial charge in [0.05, 0.1) is 13.2 Å². The van der Waals surface area contributed by atoms with E-state index in [-0.39, 0.29) is 5.91 Å². The maximum atomic E-state index is 12.3. The largest absolute Gasteiger partial charge is 0.379 e. The van der Waals surface area contributed by atoms with Crippen molar-refractivity contribution in [1.29, 1.82) is 0 Å². The van der Waals surface area contributed by atoms with Crippen LogP contribution in [0.15, 0.2) is 22.2 Å². The van der Waals surface area contributed by atoms with E-state index in [1.807, 2.05) is 17.1 Å². The number of allylic oxidation sites excluding steroid dienone is 3. The van der Waals surface area contributed by atoms with Crippen LogP contribution in [0.1, 0.15) is 6.42 Å². The molecule has 2 aliphatic heterocycles. The van der Waals surface area contributed by atoms with Crippen LogP contribution in [-0.4, -0.2) is 61.6 Å². The first kappa shape index (κ1) is 13.3. The molecule has 4 nitrogen and oxygen atoms in total. The summed E-state index contributed by atoms with van der Waals surface area (Å²) in [6.45, 7) is 6.28. The quantitative estimate of drug-likeness (QED) is 0.785. The Morgan fingerprint density at radius 1 is 1.26 bits per heavy atom. The van der Waals surface area contributed by atoms with Gasteiger partial charge in [-0.25, -0.2) is 0 Å². The summed E-state index contributed by atoms with van der Waals surface area (Å²) >= 11 is 3.53. The van der Waals surface area contributed by atoms with E-state index in [2.05, 4.69) is 20.8 Å². The lowest BCUT2D eigenvalue weighted by molar-refractivity contribution is -0.125. The number of amides is 1. The molecule has 3 aliphatic rings. The molecule has 0 N–H and O–H groups in total. The lowest BCUT2D eigenvalue weighted by Gasteiger charge is -2.28. The van der Waals surface area contributed by atoms with Crippen molar-refractivity contribution < 1.29 is 9.53 Å². The molecule has 0 radical (unpaired) electrons. The number of nitrogens with zero attached hydrogens (tertiary/aromatic N) is 2. The summed E-state index contributed by atoms with van der Waals surface area (Å²) in [5, 5.41) is 0. The Bertz CT molecular complexity index is 427. The molecule has 0 saturated carbocycles. The van der Waals surface area contributed by atoms with E-state index in [0.717, 1.165) is 57.9 Å². The minimum Gasteiger partial charge on any atom is -0.379 e. The minimum absolute atomic E-state index is 0.231. The van der Waals surface area contributed by atoms with Gasteiger partial charge in [0.1, 0.15) is 0 Å². The van der Waals surface area contributed by atoms with Crippen molar-refractivity contribution >= 4 is 21.8 Å². The van der Waals surface area contributed by atoms with Gasteiger partial charge in [-0.3, -0.25) is 9.69 Å². The number of hydrogen-bond acceptors (Lipinski definition) is 3. The van der Waals surface area contributed by atoms with Gasteiger partial charge < -0.3 is 9.64 Å². The zero-order chi connectivity index (χ0) is 13.2. The van der Waals surface area contributed by atoms with Gasteiger partial charge in [-0.05, 0) is 10.9 Å². The van der Waals surface area contributed by atoms with E-state index in [4.69, 9.17) is 4.74 Å². The number of fused-ring (bicyclic) bond motifs is 1. The maximum absolute atomic E-state index is 12.3. The fraction of sp³-hybridized carbons (Fsp3) is 0.643. The highest BCUT2D eigenvalue weighted by Crippen LogP contribution is 2.34. The summed E-state index contributed by atoms with van der Waals surface area (Å²) in [6.07, 6.45) is 4.95. The van der Waals surface area contributed by atoms with Crippen LogP contribution < -0.4 is 0 Å². The van der Waals surface area contributed by atoms with E-state index < -0.39 is 0 Å². The van der Waals surface area contributed by atoms with Gasteiger partial charge in [-0.15, -0.1) is 0 Å². The molecular formula is C14H19BrN2O2. The normalized spacial score (nSPS) is 28.2. The Morgan fingerprint density at radius 3 is 2.84 bits per heavy atom. The van der Waals surface area contributed by atoms with Crippen LogP contribution in [0.2, 0.25) is 0 Å². The molecule has 0 bridgehead atoms. The molecule has 2 heterocycles. The number of morpholine rings is 1. The standard InChI is InChI=1S/C14H19BrN2O2/c15-12-1-2-13-11(9-12)10-17(14(13)18)4-3-16-5-7-19-8-6-16/h1-2,11H,3-10H2. The van der Waals surface area contributed by atoms with Crippen LogP contribution in [0.25, 0.3) is 0 Å². The van der Waals surface area contributed by atoms with Crippen molar-refractivity contribution in [2.75, 3.05) is 45.9 Å². The summed E-state index contributed by atoms with van der Waals surface area (Å²) in [5.41, 5.74) is 0.991. The SMILES string of the molecule is O=C1C2=CC=C(Br)CC2CN1CCN1CCOCC1.